The van der Waals surface area contributed by atoms with Crippen molar-refractivity contribution in [1.29, 1.82) is 0 Å². The van der Waals surface area contributed by atoms with Crippen molar-refractivity contribution in [1.82, 2.24) is 0 Å². The van der Waals surface area contributed by atoms with E-state index < -0.39 is 12.1 Å². The summed E-state index contributed by atoms with van der Waals surface area (Å²) in [7, 11) is 0. The summed E-state index contributed by atoms with van der Waals surface area (Å²) >= 11 is 0. The van der Waals surface area contributed by atoms with Crippen LogP contribution in [-0.4, -0.2) is 37.2 Å². The molecule has 6 heteroatoms. The highest BCUT2D eigenvalue weighted by Gasteiger charge is 2.19. The van der Waals surface area contributed by atoms with E-state index in [0.717, 1.165) is 128 Å². The van der Waals surface area contributed by atoms with Crippen LogP contribution in [0.3, 0.4) is 0 Å². The third-order valence-electron chi connectivity index (χ3n) is 13.5. The zero-order valence-corrected chi connectivity index (χ0v) is 52.2. The summed E-state index contributed by atoms with van der Waals surface area (Å²) in [6.45, 7) is 6.31. The molecule has 0 aromatic carbocycles. The number of hydrogen-bond acceptors (Lipinski definition) is 6. The van der Waals surface area contributed by atoms with Crippen molar-refractivity contribution in [2.75, 3.05) is 13.2 Å². The molecule has 0 amide bonds. The highest BCUT2D eigenvalue weighted by atomic mass is 16.6. The molecule has 0 aromatic heterocycles. The maximum absolute atomic E-state index is 12.9. The van der Waals surface area contributed by atoms with Gasteiger partial charge in [-0.2, -0.15) is 0 Å². The van der Waals surface area contributed by atoms with E-state index in [2.05, 4.69) is 167 Å². The van der Waals surface area contributed by atoms with Gasteiger partial charge in [0.1, 0.15) is 13.2 Å². The lowest BCUT2D eigenvalue weighted by molar-refractivity contribution is -0.166. The lowest BCUT2D eigenvalue weighted by Gasteiger charge is -2.18. The second-order valence-electron chi connectivity index (χ2n) is 21.3. The summed E-state index contributed by atoms with van der Waals surface area (Å²) in [5, 5.41) is 0. The molecule has 0 aliphatic rings. The van der Waals surface area contributed by atoms with Crippen LogP contribution in [0.1, 0.15) is 278 Å². The predicted octanol–water partition coefficient (Wildman–Crippen LogP) is 22.9. The number of hydrogen-bond donors (Lipinski definition) is 0. The van der Waals surface area contributed by atoms with Gasteiger partial charge < -0.3 is 14.2 Å². The topological polar surface area (TPSA) is 78.9 Å². The van der Waals surface area contributed by atoms with E-state index in [0.29, 0.717) is 12.8 Å². The summed E-state index contributed by atoms with van der Waals surface area (Å²) < 4.78 is 16.8. The lowest BCUT2D eigenvalue weighted by atomic mass is 10.0. The Morgan fingerprint density at radius 3 is 0.864 bits per heavy atom. The molecule has 81 heavy (non-hydrogen) atoms. The Kier molecular flexibility index (Phi) is 63.4. The van der Waals surface area contributed by atoms with E-state index in [1.54, 1.807) is 6.08 Å². The molecule has 0 spiro atoms. The highest BCUT2D eigenvalue weighted by Crippen LogP contribution is 2.15. The minimum atomic E-state index is -0.835. The third-order valence-corrected chi connectivity index (χ3v) is 13.5. The molecule has 0 heterocycles. The Morgan fingerprint density at radius 1 is 0.272 bits per heavy atom. The molecule has 0 saturated heterocycles. The number of unbranched alkanes of at least 4 members (excludes halogenated alkanes) is 22. The number of allylic oxidation sites excluding steroid dienone is 25. The highest BCUT2D eigenvalue weighted by molar-refractivity contribution is 5.72. The standard InChI is InChI=1S/C75H120O6/c1-4-7-10-13-16-19-22-25-28-30-32-34-36-37-39-40-42-44-47-50-53-56-59-62-65-68-74(77)80-71-72(70-79-73(76)67-64-61-58-55-52-49-46-27-24-21-18-15-12-9-6-3)81-75(78)69-66-63-60-57-54-51-48-45-43-41-38-35-33-31-29-26-23-20-17-14-11-8-5-2/h7,9-10,12,16,18-19,21,23,25-28,31-34,37,39,42,44,46,52,55,61,64,72H,4-6,8,11,13-15,17,20,22,24,29-30,35-36,38,40-41,43,45,47-51,53-54,56-60,62-63,65-71H2,1-3H3/b10-7-,12-9-,19-16-,21-18-,26-23-,28-25-,33-31-,34-32-,39-37-,44-42-,46-27-,55-52-,64-61-. The number of rotatable bonds is 58. The average Bonchev–Trinajstić information content (AvgIpc) is 3.47. The largest absolute Gasteiger partial charge is 0.462 e. The maximum atomic E-state index is 12.9. The van der Waals surface area contributed by atoms with Gasteiger partial charge in [-0.3, -0.25) is 14.4 Å². The van der Waals surface area contributed by atoms with Crippen molar-refractivity contribution < 1.29 is 28.6 Å². The Bertz CT molecular complexity index is 1810. The first-order valence-corrected chi connectivity index (χ1v) is 33.0. The summed E-state index contributed by atoms with van der Waals surface area (Å²) in [6.07, 6.45) is 98.5. The first kappa shape index (κ1) is 76.0. The Balaban J connectivity index is 4.48. The van der Waals surface area contributed by atoms with Gasteiger partial charge in [0, 0.05) is 12.8 Å². The van der Waals surface area contributed by atoms with Crippen molar-refractivity contribution in [2.45, 2.75) is 284 Å². The zero-order valence-electron chi connectivity index (χ0n) is 52.2. The first-order valence-electron chi connectivity index (χ1n) is 33.0. The van der Waals surface area contributed by atoms with Gasteiger partial charge in [-0.15, -0.1) is 0 Å². The van der Waals surface area contributed by atoms with Crippen LogP contribution >= 0.6 is 0 Å². The van der Waals surface area contributed by atoms with E-state index in [9.17, 15) is 14.4 Å². The molecule has 0 bridgehead atoms. The SMILES string of the molecule is CC/C=C\C/C=C\C/C=C\C/C=C\C/C=C\C/C=C\CCCCCCCCC(=O)OCC(COC(=O)C/C=C\C/C=C\C/C=C\C/C=C\C/C=C\CC)OC(=O)CCCCCCCCCCCCC/C=C\C/C=C\CCCCCCC. The molecule has 456 valence electrons. The molecule has 0 rings (SSSR count). The molecule has 0 N–H and O–H groups in total. The van der Waals surface area contributed by atoms with Gasteiger partial charge in [0.2, 0.25) is 0 Å². The molecule has 1 unspecified atom stereocenters. The Labute approximate surface area is 499 Å². The van der Waals surface area contributed by atoms with Gasteiger partial charge >= 0.3 is 17.9 Å². The molecular weight excluding hydrogens is 997 g/mol. The molecule has 0 saturated carbocycles. The van der Waals surface area contributed by atoms with Gasteiger partial charge in [-0.05, 0) is 128 Å². The molecule has 0 radical (unpaired) electrons. The van der Waals surface area contributed by atoms with Gasteiger partial charge in [0.15, 0.2) is 6.10 Å². The minimum absolute atomic E-state index is 0.117. The van der Waals surface area contributed by atoms with Crippen molar-refractivity contribution >= 4 is 17.9 Å². The monoisotopic (exact) mass is 1120 g/mol. The fraction of sp³-hybridized carbons (Fsp3) is 0.613. The van der Waals surface area contributed by atoms with Crippen molar-refractivity contribution in [3.8, 4) is 0 Å². The quantitative estimate of drug-likeness (QED) is 0.0261. The predicted molar refractivity (Wildman–Crippen MR) is 352 cm³/mol. The molecule has 6 nitrogen and oxygen atoms in total. The molecule has 0 aromatic rings. The van der Waals surface area contributed by atoms with Crippen molar-refractivity contribution in [3.05, 3.63) is 158 Å². The minimum Gasteiger partial charge on any atom is -0.462 e. The van der Waals surface area contributed by atoms with Crippen molar-refractivity contribution in [3.63, 3.8) is 0 Å². The van der Waals surface area contributed by atoms with Gasteiger partial charge in [0.05, 0.1) is 6.42 Å². The lowest BCUT2D eigenvalue weighted by Crippen LogP contribution is -2.30. The summed E-state index contributed by atoms with van der Waals surface area (Å²) in [6, 6.07) is 0. The van der Waals surface area contributed by atoms with E-state index in [4.69, 9.17) is 14.2 Å². The second-order valence-corrected chi connectivity index (χ2v) is 21.3. The summed E-state index contributed by atoms with van der Waals surface area (Å²) in [5.41, 5.74) is 0. The fourth-order valence-corrected chi connectivity index (χ4v) is 8.67. The summed E-state index contributed by atoms with van der Waals surface area (Å²) in [5.74, 6) is -1.07. The third kappa shape index (κ3) is 65.7. The van der Waals surface area contributed by atoms with E-state index in [1.165, 1.54) is 109 Å². The van der Waals surface area contributed by atoms with Crippen LogP contribution in [0.15, 0.2) is 158 Å². The molecule has 0 aliphatic heterocycles. The van der Waals surface area contributed by atoms with Gasteiger partial charge in [-0.25, -0.2) is 0 Å². The van der Waals surface area contributed by atoms with Crippen LogP contribution in [0.2, 0.25) is 0 Å². The number of carbonyl (C=O) groups excluding carboxylic acids is 3. The van der Waals surface area contributed by atoms with Gasteiger partial charge in [0.25, 0.3) is 0 Å². The number of ether oxygens (including phenoxy) is 3. The Hall–Kier alpha value is -4.97. The van der Waals surface area contributed by atoms with Crippen LogP contribution in [0.5, 0.6) is 0 Å². The smallest absolute Gasteiger partial charge is 0.309 e. The first-order chi connectivity index (χ1) is 40.0. The van der Waals surface area contributed by atoms with Crippen LogP contribution in [0, 0.1) is 0 Å². The van der Waals surface area contributed by atoms with E-state index in [1.807, 2.05) is 6.08 Å². The zero-order chi connectivity index (χ0) is 58.5. The fourth-order valence-electron chi connectivity index (χ4n) is 8.67. The number of esters is 3. The van der Waals surface area contributed by atoms with Crippen LogP contribution < -0.4 is 0 Å². The average molecular weight is 1120 g/mol. The van der Waals surface area contributed by atoms with Crippen LogP contribution in [0.25, 0.3) is 0 Å². The molecule has 0 aliphatic carbocycles. The van der Waals surface area contributed by atoms with Crippen LogP contribution in [-0.2, 0) is 28.6 Å². The van der Waals surface area contributed by atoms with E-state index in [-0.39, 0.29) is 31.6 Å². The second kappa shape index (κ2) is 67.5. The molecule has 1 atom stereocenters. The van der Waals surface area contributed by atoms with Crippen molar-refractivity contribution in [2.24, 2.45) is 0 Å². The Morgan fingerprint density at radius 2 is 0.531 bits per heavy atom. The van der Waals surface area contributed by atoms with Gasteiger partial charge in [-0.1, -0.05) is 288 Å². The van der Waals surface area contributed by atoms with Crippen LogP contribution in [0.4, 0.5) is 0 Å². The molecule has 0 fully saturated rings. The van der Waals surface area contributed by atoms with E-state index >= 15 is 0 Å². The summed E-state index contributed by atoms with van der Waals surface area (Å²) in [4.78, 5) is 38.3. The normalized spacial score (nSPS) is 13.2. The molecular formula is C75H120O6. The number of carbonyl (C=O) groups is 3. The maximum Gasteiger partial charge on any atom is 0.309 e.